The van der Waals surface area contributed by atoms with E-state index in [4.69, 9.17) is 9.40 Å². The third kappa shape index (κ3) is 3.45. The van der Waals surface area contributed by atoms with Crippen LogP contribution in [-0.2, 0) is 0 Å². The molecule has 2 aromatic heterocycles. The van der Waals surface area contributed by atoms with Crippen molar-refractivity contribution in [1.82, 2.24) is 9.55 Å². The van der Waals surface area contributed by atoms with Gasteiger partial charge >= 0.3 is 0 Å². The fourth-order valence-electron chi connectivity index (χ4n) is 7.02. The van der Waals surface area contributed by atoms with Gasteiger partial charge in [-0.05, 0) is 75.5 Å². The van der Waals surface area contributed by atoms with E-state index in [1.165, 1.54) is 43.8 Å². The molecular formula is C40H26N2O. The minimum atomic E-state index is 0.906. The number of imidazole rings is 1. The van der Waals surface area contributed by atoms with Crippen molar-refractivity contribution in [3.63, 3.8) is 0 Å². The number of rotatable bonds is 3. The molecule has 3 nitrogen and oxygen atoms in total. The summed E-state index contributed by atoms with van der Waals surface area (Å²) in [4.78, 5) is 4.91. The number of benzene rings is 7. The van der Waals surface area contributed by atoms with Crippen LogP contribution in [0.3, 0.4) is 0 Å². The summed E-state index contributed by atoms with van der Waals surface area (Å²) in [6, 6.07) is 49.5. The van der Waals surface area contributed by atoms with Gasteiger partial charge in [-0.3, -0.25) is 4.57 Å². The Labute approximate surface area is 248 Å². The van der Waals surface area contributed by atoms with Gasteiger partial charge in [-0.25, -0.2) is 4.98 Å². The second-order valence-corrected chi connectivity index (χ2v) is 11.1. The van der Waals surface area contributed by atoms with Crippen LogP contribution in [0.2, 0.25) is 0 Å². The summed E-state index contributed by atoms with van der Waals surface area (Å²) in [6.45, 7) is 2.09. The molecule has 0 amide bonds. The van der Waals surface area contributed by atoms with E-state index in [0.29, 0.717) is 0 Å². The van der Waals surface area contributed by atoms with Crippen molar-refractivity contribution < 1.29 is 4.42 Å². The molecule has 0 fully saturated rings. The minimum Gasteiger partial charge on any atom is -0.456 e. The van der Waals surface area contributed by atoms with Gasteiger partial charge in [0.2, 0.25) is 0 Å². The molecule has 0 unspecified atom stereocenters. The van der Waals surface area contributed by atoms with Gasteiger partial charge in [0.25, 0.3) is 0 Å². The Morgan fingerprint density at radius 2 is 1.02 bits per heavy atom. The van der Waals surface area contributed by atoms with Crippen LogP contribution in [0, 0.1) is 6.92 Å². The van der Waals surface area contributed by atoms with Gasteiger partial charge in [0.15, 0.2) is 0 Å². The predicted molar refractivity (Wildman–Crippen MR) is 179 cm³/mol. The first-order valence-corrected chi connectivity index (χ1v) is 14.7. The van der Waals surface area contributed by atoms with Crippen LogP contribution in [0.4, 0.5) is 0 Å². The van der Waals surface area contributed by atoms with Crippen LogP contribution >= 0.6 is 0 Å². The molecular weight excluding hydrogens is 524 g/mol. The van der Waals surface area contributed by atoms with Gasteiger partial charge in [-0.15, -0.1) is 0 Å². The van der Waals surface area contributed by atoms with Crippen LogP contribution < -0.4 is 0 Å². The van der Waals surface area contributed by atoms with Crippen molar-refractivity contribution in [2.75, 3.05) is 0 Å². The topological polar surface area (TPSA) is 31.0 Å². The standard InChI is InChI=1S/C40H26N2O/c1-25-41-33-20-8-10-22-35(33)42(25)34-21-9-6-17-30(34)38-26-13-2-4-15-28(26)39(29-16-5-3-14-27(29)38)32-19-12-24-37-40(32)31-18-7-11-23-36(31)43-37/h2-24H,1H3. The molecule has 7 aromatic carbocycles. The maximum Gasteiger partial charge on any atom is 0.136 e. The van der Waals surface area contributed by atoms with Crippen molar-refractivity contribution in [3.05, 3.63) is 145 Å². The largest absolute Gasteiger partial charge is 0.456 e. The number of furan rings is 1. The summed E-state index contributed by atoms with van der Waals surface area (Å²) in [6.07, 6.45) is 0. The Morgan fingerprint density at radius 1 is 0.488 bits per heavy atom. The first kappa shape index (κ1) is 24.0. The molecule has 0 radical (unpaired) electrons. The molecule has 9 aromatic rings. The number of para-hydroxylation sites is 4. The zero-order valence-electron chi connectivity index (χ0n) is 23.6. The maximum absolute atomic E-state index is 6.33. The molecule has 0 aliphatic heterocycles. The molecule has 0 saturated heterocycles. The highest BCUT2D eigenvalue weighted by Crippen LogP contribution is 2.47. The molecule has 0 aliphatic rings. The zero-order valence-corrected chi connectivity index (χ0v) is 23.6. The van der Waals surface area contributed by atoms with E-state index in [2.05, 4.69) is 145 Å². The molecule has 2 heterocycles. The number of nitrogens with zero attached hydrogens (tertiary/aromatic N) is 2. The summed E-state index contributed by atoms with van der Waals surface area (Å²) < 4.78 is 8.62. The van der Waals surface area contributed by atoms with Crippen molar-refractivity contribution in [1.29, 1.82) is 0 Å². The van der Waals surface area contributed by atoms with E-state index >= 15 is 0 Å². The Morgan fingerprint density at radius 3 is 1.77 bits per heavy atom. The van der Waals surface area contributed by atoms with Crippen LogP contribution in [0.5, 0.6) is 0 Å². The minimum absolute atomic E-state index is 0.906. The highest BCUT2D eigenvalue weighted by molar-refractivity contribution is 6.26. The summed E-state index contributed by atoms with van der Waals surface area (Å²) in [5.41, 5.74) is 9.87. The third-order valence-electron chi connectivity index (χ3n) is 8.75. The molecule has 0 N–H and O–H groups in total. The first-order chi connectivity index (χ1) is 21.3. The van der Waals surface area contributed by atoms with E-state index < -0.39 is 0 Å². The molecule has 0 atom stereocenters. The lowest BCUT2D eigenvalue weighted by Gasteiger charge is -2.20. The first-order valence-electron chi connectivity index (χ1n) is 14.7. The zero-order chi connectivity index (χ0) is 28.5. The van der Waals surface area contributed by atoms with Crippen LogP contribution in [-0.4, -0.2) is 9.55 Å². The Hall–Kier alpha value is -5.67. The van der Waals surface area contributed by atoms with Crippen molar-refractivity contribution in [2.24, 2.45) is 0 Å². The van der Waals surface area contributed by atoms with Crippen LogP contribution in [0.15, 0.2) is 144 Å². The van der Waals surface area contributed by atoms with Crippen molar-refractivity contribution in [3.8, 4) is 27.9 Å². The molecule has 3 heteroatoms. The second kappa shape index (κ2) is 9.17. The number of hydrogen-bond acceptors (Lipinski definition) is 2. The average molecular weight is 551 g/mol. The van der Waals surface area contributed by atoms with Crippen molar-refractivity contribution >= 4 is 54.5 Å². The maximum atomic E-state index is 6.33. The van der Waals surface area contributed by atoms with E-state index in [9.17, 15) is 0 Å². The number of aromatic nitrogens is 2. The fourth-order valence-corrected chi connectivity index (χ4v) is 7.02. The van der Waals surface area contributed by atoms with E-state index in [0.717, 1.165) is 44.5 Å². The molecule has 202 valence electrons. The third-order valence-corrected chi connectivity index (χ3v) is 8.75. The number of fused-ring (bicyclic) bond motifs is 6. The van der Waals surface area contributed by atoms with Crippen LogP contribution in [0.25, 0.3) is 82.5 Å². The monoisotopic (exact) mass is 550 g/mol. The van der Waals surface area contributed by atoms with Crippen LogP contribution in [0.1, 0.15) is 5.82 Å². The Balaban J connectivity index is 1.43. The molecule has 0 aliphatic carbocycles. The van der Waals surface area contributed by atoms with E-state index in [1.54, 1.807) is 0 Å². The SMILES string of the molecule is Cc1nc2ccccc2n1-c1ccccc1-c1c2ccccc2c(-c2cccc3oc4ccccc4c23)c2ccccc12. The highest BCUT2D eigenvalue weighted by Gasteiger charge is 2.22. The lowest BCUT2D eigenvalue weighted by atomic mass is 9.84. The lowest BCUT2D eigenvalue weighted by molar-refractivity contribution is 0.669. The Kier molecular flexibility index (Phi) is 5.11. The quantitative estimate of drug-likeness (QED) is 0.205. The molecule has 0 saturated carbocycles. The number of aryl methyl sites for hydroxylation is 1. The van der Waals surface area contributed by atoms with Gasteiger partial charge in [-0.2, -0.15) is 0 Å². The van der Waals surface area contributed by atoms with Gasteiger partial charge in [0.1, 0.15) is 17.0 Å². The Bertz CT molecular complexity index is 2470. The molecule has 0 spiro atoms. The summed E-state index contributed by atoms with van der Waals surface area (Å²) >= 11 is 0. The lowest BCUT2D eigenvalue weighted by Crippen LogP contribution is -2.00. The summed E-state index contributed by atoms with van der Waals surface area (Å²) in [5.74, 6) is 0.970. The van der Waals surface area contributed by atoms with E-state index in [1.807, 2.05) is 6.07 Å². The predicted octanol–water partition coefficient (Wildman–Crippen LogP) is 10.9. The summed E-state index contributed by atoms with van der Waals surface area (Å²) in [5, 5.41) is 7.17. The van der Waals surface area contributed by atoms with Gasteiger partial charge in [0.05, 0.1) is 16.7 Å². The van der Waals surface area contributed by atoms with E-state index in [-0.39, 0.29) is 0 Å². The molecule has 9 rings (SSSR count). The molecule has 0 bridgehead atoms. The highest BCUT2D eigenvalue weighted by atomic mass is 16.3. The number of hydrogen-bond donors (Lipinski definition) is 0. The van der Waals surface area contributed by atoms with Gasteiger partial charge in [-0.1, -0.05) is 109 Å². The summed E-state index contributed by atoms with van der Waals surface area (Å²) in [7, 11) is 0. The molecule has 43 heavy (non-hydrogen) atoms. The van der Waals surface area contributed by atoms with Gasteiger partial charge < -0.3 is 4.42 Å². The van der Waals surface area contributed by atoms with Crippen molar-refractivity contribution in [2.45, 2.75) is 6.92 Å². The fraction of sp³-hybridized carbons (Fsp3) is 0.0250. The normalized spacial score (nSPS) is 11.8. The second-order valence-electron chi connectivity index (χ2n) is 11.1. The smallest absolute Gasteiger partial charge is 0.136 e. The average Bonchev–Trinajstić information content (AvgIpc) is 3.60. The van der Waals surface area contributed by atoms with Gasteiger partial charge in [0, 0.05) is 16.3 Å².